The first-order valence-electron chi connectivity index (χ1n) is 4.67. The molecule has 0 amide bonds. The average Bonchev–Trinajstić information content (AvgIpc) is 2.51. The minimum absolute atomic E-state index is 0.309. The molecule has 0 spiro atoms. The van der Waals surface area contributed by atoms with Crippen molar-refractivity contribution in [2.45, 2.75) is 13.0 Å². The first kappa shape index (κ1) is 10.6. The molecule has 16 heavy (non-hydrogen) atoms. The lowest BCUT2D eigenvalue weighted by Gasteiger charge is -2.04. The predicted molar refractivity (Wildman–Crippen MR) is 55.5 cm³/mol. The van der Waals surface area contributed by atoms with Gasteiger partial charge in [-0.15, -0.1) is 0 Å². The molecule has 5 heteroatoms. The summed E-state index contributed by atoms with van der Waals surface area (Å²) < 4.78 is 18.2. The summed E-state index contributed by atoms with van der Waals surface area (Å²) in [5, 5.41) is 9.39. The van der Waals surface area contributed by atoms with E-state index in [1.54, 1.807) is 6.92 Å². The number of aliphatic carboxylic acids is 1. The molecule has 84 valence electrons. The van der Waals surface area contributed by atoms with Crippen LogP contribution in [0.1, 0.15) is 17.4 Å². The van der Waals surface area contributed by atoms with Crippen molar-refractivity contribution in [3.05, 3.63) is 35.3 Å². The number of aryl methyl sites for hydroxylation is 1. The Hall–Kier alpha value is -1.88. The Morgan fingerprint density at radius 2 is 2.25 bits per heavy atom. The van der Waals surface area contributed by atoms with Gasteiger partial charge in [-0.05, 0) is 19.1 Å². The Morgan fingerprint density at radius 1 is 1.56 bits per heavy atom. The predicted octanol–water partition coefficient (Wildman–Crippen LogP) is 1.96. The molecule has 0 bridgehead atoms. The number of hydrogen-bond acceptors (Lipinski definition) is 3. The van der Waals surface area contributed by atoms with Crippen molar-refractivity contribution in [3.63, 3.8) is 0 Å². The third-order valence-electron chi connectivity index (χ3n) is 2.45. The molecule has 1 aromatic heterocycles. The lowest BCUT2D eigenvalue weighted by atomic mass is 10.0. The summed E-state index contributed by atoms with van der Waals surface area (Å²) in [4.78, 5) is 10.8. The van der Waals surface area contributed by atoms with Gasteiger partial charge in [0, 0.05) is 17.0 Å². The van der Waals surface area contributed by atoms with Gasteiger partial charge in [0.05, 0.1) is 0 Å². The van der Waals surface area contributed by atoms with Crippen molar-refractivity contribution in [2.75, 3.05) is 0 Å². The molecule has 0 saturated heterocycles. The SMILES string of the molecule is Cc1oc2cc(F)ccc2c1C(N)C(=O)O. The summed E-state index contributed by atoms with van der Waals surface area (Å²) >= 11 is 0. The number of benzene rings is 1. The molecule has 3 N–H and O–H groups in total. The highest BCUT2D eigenvalue weighted by molar-refractivity contribution is 5.88. The number of hydrogen-bond donors (Lipinski definition) is 2. The van der Waals surface area contributed by atoms with E-state index in [-0.39, 0.29) is 0 Å². The smallest absolute Gasteiger partial charge is 0.325 e. The number of carbonyl (C=O) groups is 1. The quantitative estimate of drug-likeness (QED) is 0.815. The van der Waals surface area contributed by atoms with Crippen molar-refractivity contribution in [1.29, 1.82) is 0 Å². The van der Waals surface area contributed by atoms with E-state index in [1.807, 2.05) is 0 Å². The second-order valence-electron chi connectivity index (χ2n) is 3.53. The average molecular weight is 223 g/mol. The number of carboxylic acids is 1. The summed E-state index contributed by atoms with van der Waals surface area (Å²) in [6, 6.07) is 2.77. The lowest BCUT2D eigenvalue weighted by molar-refractivity contribution is -0.138. The fraction of sp³-hybridized carbons (Fsp3) is 0.182. The first-order valence-corrected chi connectivity index (χ1v) is 4.67. The number of rotatable bonds is 2. The zero-order valence-corrected chi connectivity index (χ0v) is 8.53. The number of halogens is 1. The molecule has 0 aliphatic heterocycles. The van der Waals surface area contributed by atoms with E-state index in [9.17, 15) is 9.18 Å². The maximum absolute atomic E-state index is 12.9. The zero-order valence-electron chi connectivity index (χ0n) is 8.53. The van der Waals surface area contributed by atoms with Crippen LogP contribution in [0.2, 0.25) is 0 Å². The molecule has 2 aromatic rings. The molecule has 1 unspecified atom stereocenters. The topological polar surface area (TPSA) is 76.5 Å². The second-order valence-corrected chi connectivity index (χ2v) is 3.53. The molecule has 0 radical (unpaired) electrons. The Morgan fingerprint density at radius 3 is 2.88 bits per heavy atom. The van der Waals surface area contributed by atoms with Gasteiger partial charge in [0.1, 0.15) is 23.2 Å². The zero-order chi connectivity index (χ0) is 11.9. The Bertz CT molecular complexity index is 562. The summed E-state index contributed by atoms with van der Waals surface area (Å²) in [6.45, 7) is 1.61. The standard InChI is InChI=1S/C11H10FNO3/c1-5-9(10(13)11(14)15)7-3-2-6(12)4-8(7)16-5/h2-4,10H,13H2,1H3,(H,14,15). The van der Waals surface area contributed by atoms with E-state index < -0.39 is 17.8 Å². The largest absolute Gasteiger partial charge is 0.480 e. The number of carboxylic acid groups (broad SMARTS) is 1. The van der Waals surface area contributed by atoms with Crippen LogP contribution in [0.15, 0.2) is 22.6 Å². The third kappa shape index (κ3) is 1.55. The summed E-state index contributed by atoms with van der Waals surface area (Å²) in [5.74, 6) is -1.18. The van der Waals surface area contributed by atoms with Crippen molar-refractivity contribution in [2.24, 2.45) is 5.73 Å². The van der Waals surface area contributed by atoms with Crippen LogP contribution in [0.25, 0.3) is 11.0 Å². The van der Waals surface area contributed by atoms with Crippen LogP contribution in [0.3, 0.4) is 0 Å². The van der Waals surface area contributed by atoms with Gasteiger partial charge >= 0.3 is 5.97 Å². The van der Waals surface area contributed by atoms with E-state index in [1.165, 1.54) is 18.2 Å². The highest BCUT2D eigenvalue weighted by Crippen LogP contribution is 2.30. The monoisotopic (exact) mass is 223 g/mol. The van der Waals surface area contributed by atoms with Gasteiger partial charge in [-0.2, -0.15) is 0 Å². The summed E-state index contributed by atoms with van der Waals surface area (Å²) in [5.41, 5.74) is 6.23. The summed E-state index contributed by atoms with van der Waals surface area (Å²) in [6.07, 6.45) is 0. The minimum Gasteiger partial charge on any atom is -0.480 e. The second kappa shape index (κ2) is 3.61. The highest BCUT2D eigenvalue weighted by Gasteiger charge is 2.22. The van der Waals surface area contributed by atoms with Gasteiger partial charge < -0.3 is 15.3 Å². The van der Waals surface area contributed by atoms with Crippen LogP contribution >= 0.6 is 0 Å². The normalized spacial score (nSPS) is 12.9. The van der Waals surface area contributed by atoms with Crippen LogP contribution in [0.5, 0.6) is 0 Å². The van der Waals surface area contributed by atoms with Crippen molar-refractivity contribution in [3.8, 4) is 0 Å². The molecule has 4 nitrogen and oxygen atoms in total. The van der Waals surface area contributed by atoms with E-state index in [4.69, 9.17) is 15.3 Å². The minimum atomic E-state index is -1.16. The molecule has 2 rings (SSSR count). The fourth-order valence-corrected chi connectivity index (χ4v) is 1.72. The van der Waals surface area contributed by atoms with Crippen LogP contribution in [-0.4, -0.2) is 11.1 Å². The molecule has 1 aromatic carbocycles. The Labute approximate surface area is 90.5 Å². The van der Waals surface area contributed by atoms with Gasteiger partial charge in [-0.1, -0.05) is 0 Å². The maximum atomic E-state index is 12.9. The third-order valence-corrected chi connectivity index (χ3v) is 2.45. The van der Waals surface area contributed by atoms with Crippen LogP contribution in [-0.2, 0) is 4.79 Å². The van der Waals surface area contributed by atoms with E-state index in [0.29, 0.717) is 22.3 Å². The highest BCUT2D eigenvalue weighted by atomic mass is 19.1. The van der Waals surface area contributed by atoms with Crippen LogP contribution in [0.4, 0.5) is 4.39 Å². The molecule has 1 heterocycles. The van der Waals surface area contributed by atoms with Gasteiger partial charge in [0.2, 0.25) is 0 Å². The number of nitrogens with two attached hydrogens (primary N) is 1. The van der Waals surface area contributed by atoms with E-state index in [2.05, 4.69) is 0 Å². The van der Waals surface area contributed by atoms with Crippen LogP contribution in [0, 0.1) is 12.7 Å². The van der Waals surface area contributed by atoms with Gasteiger partial charge in [0.25, 0.3) is 0 Å². The van der Waals surface area contributed by atoms with Crippen LogP contribution < -0.4 is 5.73 Å². The van der Waals surface area contributed by atoms with Crippen molar-refractivity contribution >= 4 is 16.9 Å². The summed E-state index contributed by atoms with van der Waals surface area (Å²) in [7, 11) is 0. The molecule has 0 aliphatic carbocycles. The molecule has 0 aliphatic rings. The maximum Gasteiger partial charge on any atom is 0.325 e. The first-order chi connectivity index (χ1) is 7.50. The fourth-order valence-electron chi connectivity index (χ4n) is 1.72. The van der Waals surface area contributed by atoms with Crippen molar-refractivity contribution < 1.29 is 18.7 Å². The Kier molecular flexibility index (Phi) is 2.40. The molecular formula is C11H10FNO3. The van der Waals surface area contributed by atoms with Gasteiger partial charge in [-0.25, -0.2) is 4.39 Å². The van der Waals surface area contributed by atoms with E-state index in [0.717, 1.165) is 0 Å². The van der Waals surface area contributed by atoms with Crippen molar-refractivity contribution in [1.82, 2.24) is 0 Å². The lowest BCUT2D eigenvalue weighted by Crippen LogP contribution is -2.21. The Balaban J connectivity index is 2.69. The molecule has 0 fully saturated rings. The van der Waals surface area contributed by atoms with Gasteiger partial charge in [0.15, 0.2) is 0 Å². The molecule has 1 atom stereocenters. The number of furan rings is 1. The number of fused-ring (bicyclic) bond motifs is 1. The van der Waals surface area contributed by atoms with E-state index >= 15 is 0 Å². The van der Waals surface area contributed by atoms with Gasteiger partial charge in [-0.3, -0.25) is 4.79 Å². The molecular weight excluding hydrogens is 213 g/mol. The molecule has 0 saturated carbocycles.